The van der Waals surface area contributed by atoms with Crippen molar-refractivity contribution >= 4 is 5.91 Å². The molecule has 7 heteroatoms. The minimum atomic E-state index is -0.143. The Balaban J connectivity index is 1.58. The third kappa shape index (κ3) is 4.08. The minimum absolute atomic E-state index is 0.143. The summed E-state index contributed by atoms with van der Waals surface area (Å²) < 4.78 is 18.1. The van der Waals surface area contributed by atoms with Crippen LogP contribution in [0.4, 0.5) is 0 Å². The van der Waals surface area contributed by atoms with Crippen molar-refractivity contribution < 1.29 is 19.0 Å². The highest BCUT2D eigenvalue weighted by atomic mass is 16.5. The van der Waals surface area contributed by atoms with Crippen LogP contribution in [-0.2, 0) is 6.54 Å². The molecule has 1 fully saturated rings. The summed E-state index contributed by atoms with van der Waals surface area (Å²) >= 11 is 0. The van der Waals surface area contributed by atoms with E-state index in [1.54, 1.807) is 27.5 Å². The van der Waals surface area contributed by atoms with Gasteiger partial charge < -0.3 is 19.5 Å². The van der Waals surface area contributed by atoms with Gasteiger partial charge >= 0.3 is 0 Å². The number of hydrogen-bond acceptors (Lipinski definition) is 5. The molecular formula is C24H27N3O4. The molecule has 1 aromatic heterocycles. The van der Waals surface area contributed by atoms with Gasteiger partial charge in [0.2, 0.25) is 5.75 Å². The smallest absolute Gasteiger partial charge is 0.255 e. The topological polar surface area (TPSA) is 74.6 Å². The predicted molar refractivity (Wildman–Crippen MR) is 118 cm³/mol. The molecule has 162 valence electrons. The van der Waals surface area contributed by atoms with Crippen LogP contribution in [0.25, 0.3) is 5.69 Å². The number of carbonyl (C=O) groups is 1. The van der Waals surface area contributed by atoms with Crippen molar-refractivity contribution in [2.24, 2.45) is 0 Å². The molecule has 1 N–H and O–H groups in total. The standard InChI is InChI=1S/C24H27N3O4/c1-15-7-5-6-8-19(15)27-22(17-9-10-17)18(14-26-27)24(28)25-13-16-11-20(29-2)23(31-4)21(12-16)30-3/h5-8,11-12,14,17H,9-10,13H2,1-4H3,(H,25,28). The number of hydrogen-bond donors (Lipinski definition) is 1. The Bertz CT molecular complexity index is 1080. The van der Waals surface area contributed by atoms with Gasteiger partial charge in [-0.15, -0.1) is 0 Å². The number of aryl methyl sites for hydroxylation is 1. The van der Waals surface area contributed by atoms with Crippen molar-refractivity contribution in [3.05, 3.63) is 65.0 Å². The molecule has 1 saturated carbocycles. The highest BCUT2D eigenvalue weighted by molar-refractivity contribution is 5.95. The van der Waals surface area contributed by atoms with Crippen LogP contribution in [-0.4, -0.2) is 37.0 Å². The van der Waals surface area contributed by atoms with Gasteiger partial charge in [-0.3, -0.25) is 4.79 Å². The molecule has 1 amide bonds. The molecule has 0 spiro atoms. The van der Waals surface area contributed by atoms with Crippen LogP contribution in [0.3, 0.4) is 0 Å². The Morgan fingerprint density at radius 2 is 1.77 bits per heavy atom. The van der Waals surface area contributed by atoms with Crippen LogP contribution in [0.15, 0.2) is 42.6 Å². The number of nitrogens with zero attached hydrogens (tertiary/aromatic N) is 2. The molecule has 0 saturated heterocycles. The van der Waals surface area contributed by atoms with E-state index in [4.69, 9.17) is 14.2 Å². The quantitative estimate of drug-likeness (QED) is 0.595. The van der Waals surface area contributed by atoms with Gasteiger partial charge in [0.25, 0.3) is 5.91 Å². The zero-order valence-electron chi connectivity index (χ0n) is 18.3. The molecule has 2 aromatic carbocycles. The molecule has 0 unspecified atom stereocenters. The summed E-state index contributed by atoms with van der Waals surface area (Å²) in [6, 6.07) is 11.7. The predicted octanol–water partition coefficient (Wildman–Crippen LogP) is 4.01. The molecule has 3 aromatic rings. The number of nitrogens with one attached hydrogen (secondary N) is 1. The number of amides is 1. The lowest BCUT2D eigenvalue weighted by Crippen LogP contribution is -2.24. The maximum atomic E-state index is 13.1. The number of methoxy groups -OCH3 is 3. The first-order valence-electron chi connectivity index (χ1n) is 10.3. The second-order valence-corrected chi connectivity index (χ2v) is 7.63. The first-order valence-corrected chi connectivity index (χ1v) is 10.3. The van der Waals surface area contributed by atoms with E-state index in [1.165, 1.54) is 0 Å². The third-order valence-electron chi connectivity index (χ3n) is 5.54. The second-order valence-electron chi connectivity index (χ2n) is 7.63. The van der Waals surface area contributed by atoms with Crippen molar-refractivity contribution in [2.75, 3.05) is 21.3 Å². The van der Waals surface area contributed by atoms with E-state index in [1.807, 2.05) is 35.0 Å². The molecule has 0 atom stereocenters. The van der Waals surface area contributed by atoms with Crippen LogP contribution in [0.2, 0.25) is 0 Å². The monoisotopic (exact) mass is 421 g/mol. The summed E-state index contributed by atoms with van der Waals surface area (Å²) in [4.78, 5) is 13.1. The van der Waals surface area contributed by atoms with Crippen LogP contribution in [0.5, 0.6) is 17.2 Å². The summed E-state index contributed by atoms with van der Waals surface area (Å²) in [6.45, 7) is 2.38. The van der Waals surface area contributed by atoms with Gasteiger partial charge in [0.1, 0.15) is 0 Å². The first-order chi connectivity index (χ1) is 15.1. The Hall–Kier alpha value is -3.48. The molecule has 1 heterocycles. The number of ether oxygens (including phenoxy) is 3. The largest absolute Gasteiger partial charge is 0.493 e. The number of benzene rings is 2. The Morgan fingerprint density at radius 3 is 2.35 bits per heavy atom. The van der Waals surface area contributed by atoms with Gasteiger partial charge in [-0.25, -0.2) is 4.68 Å². The zero-order valence-corrected chi connectivity index (χ0v) is 18.3. The van der Waals surface area contributed by atoms with Crippen molar-refractivity contribution in [3.63, 3.8) is 0 Å². The van der Waals surface area contributed by atoms with Crippen molar-refractivity contribution in [2.45, 2.75) is 32.2 Å². The summed E-state index contributed by atoms with van der Waals surface area (Å²) in [7, 11) is 4.70. The minimum Gasteiger partial charge on any atom is -0.493 e. The number of para-hydroxylation sites is 1. The average Bonchev–Trinajstić information content (AvgIpc) is 3.54. The van der Waals surface area contributed by atoms with E-state index in [0.29, 0.717) is 35.3 Å². The summed E-state index contributed by atoms with van der Waals surface area (Å²) in [5.74, 6) is 1.85. The van der Waals surface area contributed by atoms with Gasteiger partial charge in [0, 0.05) is 12.5 Å². The lowest BCUT2D eigenvalue weighted by atomic mass is 10.1. The van der Waals surface area contributed by atoms with Crippen LogP contribution < -0.4 is 19.5 Å². The molecule has 0 radical (unpaired) electrons. The van der Waals surface area contributed by atoms with Crippen LogP contribution in [0, 0.1) is 6.92 Å². The number of carbonyl (C=O) groups excluding carboxylic acids is 1. The molecular weight excluding hydrogens is 394 g/mol. The zero-order chi connectivity index (χ0) is 22.0. The summed E-state index contributed by atoms with van der Waals surface area (Å²) in [5, 5.41) is 7.57. The van der Waals surface area contributed by atoms with E-state index in [9.17, 15) is 4.79 Å². The fraction of sp³-hybridized carbons (Fsp3) is 0.333. The molecule has 31 heavy (non-hydrogen) atoms. The summed E-state index contributed by atoms with van der Waals surface area (Å²) in [5.41, 5.74) is 4.59. The van der Waals surface area contributed by atoms with E-state index >= 15 is 0 Å². The first kappa shape index (κ1) is 20.8. The van der Waals surface area contributed by atoms with Crippen molar-refractivity contribution in [1.29, 1.82) is 0 Å². The van der Waals surface area contributed by atoms with E-state index in [-0.39, 0.29) is 5.91 Å². The van der Waals surface area contributed by atoms with E-state index in [0.717, 1.165) is 35.3 Å². The average molecular weight is 421 g/mol. The highest BCUT2D eigenvalue weighted by Gasteiger charge is 2.33. The van der Waals surface area contributed by atoms with Gasteiger partial charge in [-0.05, 0) is 49.1 Å². The fourth-order valence-electron chi connectivity index (χ4n) is 3.79. The fourth-order valence-corrected chi connectivity index (χ4v) is 3.79. The SMILES string of the molecule is COc1cc(CNC(=O)c2cnn(-c3ccccc3C)c2C2CC2)cc(OC)c1OC. The molecule has 0 aliphatic heterocycles. The molecule has 0 bridgehead atoms. The number of aromatic nitrogens is 2. The molecule has 1 aliphatic rings. The summed E-state index contributed by atoms with van der Waals surface area (Å²) in [6.07, 6.45) is 3.82. The Labute approximate surface area is 181 Å². The maximum Gasteiger partial charge on any atom is 0.255 e. The van der Waals surface area contributed by atoms with Crippen LogP contribution in [0.1, 0.15) is 45.9 Å². The van der Waals surface area contributed by atoms with Crippen LogP contribution >= 0.6 is 0 Å². The van der Waals surface area contributed by atoms with Gasteiger partial charge in [-0.2, -0.15) is 5.10 Å². The lowest BCUT2D eigenvalue weighted by Gasteiger charge is -2.15. The van der Waals surface area contributed by atoms with Gasteiger partial charge in [0.15, 0.2) is 11.5 Å². The normalized spacial score (nSPS) is 13.0. The van der Waals surface area contributed by atoms with Gasteiger partial charge in [0.05, 0.1) is 44.5 Å². The Morgan fingerprint density at radius 1 is 1.10 bits per heavy atom. The number of rotatable bonds is 8. The van der Waals surface area contributed by atoms with E-state index < -0.39 is 0 Å². The van der Waals surface area contributed by atoms with Crippen molar-refractivity contribution in [1.82, 2.24) is 15.1 Å². The molecule has 1 aliphatic carbocycles. The lowest BCUT2D eigenvalue weighted by molar-refractivity contribution is 0.0949. The second kappa shape index (κ2) is 8.71. The van der Waals surface area contributed by atoms with E-state index in [2.05, 4.69) is 23.4 Å². The highest BCUT2D eigenvalue weighted by Crippen LogP contribution is 2.43. The van der Waals surface area contributed by atoms with Crippen molar-refractivity contribution in [3.8, 4) is 22.9 Å². The third-order valence-corrected chi connectivity index (χ3v) is 5.54. The molecule has 4 rings (SSSR count). The Kier molecular flexibility index (Phi) is 5.84. The maximum absolute atomic E-state index is 13.1. The van der Waals surface area contributed by atoms with Gasteiger partial charge in [-0.1, -0.05) is 18.2 Å². The molecule has 7 nitrogen and oxygen atoms in total.